The Morgan fingerprint density at radius 1 is 0.800 bits per heavy atom. The molecule has 2 aliphatic rings. The average Bonchev–Trinajstić information content (AvgIpc) is 3.23. The number of nitriles is 1. The average molecular weight is 334 g/mol. The Morgan fingerprint density at radius 3 is 2.16 bits per heavy atom. The highest BCUT2D eigenvalue weighted by molar-refractivity contribution is 5.52. The molecule has 2 saturated heterocycles. The third-order valence-electron chi connectivity index (χ3n) is 4.98. The number of piperazine rings is 1. The molecular formula is C19H22N6. The van der Waals surface area contributed by atoms with Gasteiger partial charge in [-0.1, -0.05) is 0 Å². The van der Waals surface area contributed by atoms with E-state index in [9.17, 15) is 0 Å². The Balaban J connectivity index is 1.41. The van der Waals surface area contributed by atoms with Crippen LogP contribution in [0, 0.1) is 11.3 Å². The summed E-state index contributed by atoms with van der Waals surface area (Å²) in [6, 6.07) is 12.0. The van der Waals surface area contributed by atoms with Gasteiger partial charge in [0.15, 0.2) is 0 Å². The van der Waals surface area contributed by atoms with Crippen LogP contribution in [-0.2, 0) is 0 Å². The highest BCUT2D eigenvalue weighted by Crippen LogP contribution is 2.22. The van der Waals surface area contributed by atoms with Gasteiger partial charge in [0.25, 0.3) is 0 Å². The number of anilines is 3. The van der Waals surface area contributed by atoms with Crippen LogP contribution in [0.1, 0.15) is 18.4 Å². The topological polar surface area (TPSA) is 59.3 Å². The molecule has 2 aliphatic heterocycles. The molecule has 128 valence electrons. The van der Waals surface area contributed by atoms with E-state index in [2.05, 4.69) is 25.8 Å². The number of aromatic nitrogens is 2. The van der Waals surface area contributed by atoms with E-state index in [-0.39, 0.29) is 0 Å². The van der Waals surface area contributed by atoms with Crippen molar-refractivity contribution in [2.75, 3.05) is 54.0 Å². The molecule has 0 bridgehead atoms. The van der Waals surface area contributed by atoms with Crippen molar-refractivity contribution in [3.8, 4) is 6.07 Å². The highest BCUT2D eigenvalue weighted by atomic mass is 15.3. The summed E-state index contributed by atoms with van der Waals surface area (Å²) in [5.41, 5.74) is 1.89. The van der Waals surface area contributed by atoms with E-state index in [4.69, 9.17) is 10.2 Å². The van der Waals surface area contributed by atoms with Crippen LogP contribution in [0.5, 0.6) is 0 Å². The van der Waals surface area contributed by atoms with Gasteiger partial charge in [-0.3, -0.25) is 0 Å². The van der Waals surface area contributed by atoms with Crippen LogP contribution >= 0.6 is 0 Å². The Bertz CT molecular complexity index is 752. The monoisotopic (exact) mass is 334 g/mol. The molecular weight excluding hydrogens is 312 g/mol. The summed E-state index contributed by atoms with van der Waals surface area (Å²) in [6.45, 7) is 5.92. The van der Waals surface area contributed by atoms with Crippen molar-refractivity contribution >= 4 is 17.5 Å². The lowest BCUT2D eigenvalue weighted by atomic mass is 10.2. The summed E-state index contributed by atoms with van der Waals surface area (Å²) in [5, 5.41) is 8.91. The van der Waals surface area contributed by atoms with Crippen LogP contribution in [0.15, 0.2) is 36.5 Å². The number of rotatable bonds is 3. The zero-order valence-electron chi connectivity index (χ0n) is 14.3. The molecule has 4 rings (SSSR count). The van der Waals surface area contributed by atoms with Crippen LogP contribution in [0.2, 0.25) is 0 Å². The second-order valence-electron chi connectivity index (χ2n) is 6.54. The van der Waals surface area contributed by atoms with Gasteiger partial charge in [-0.15, -0.1) is 0 Å². The van der Waals surface area contributed by atoms with Crippen molar-refractivity contribution in [2.45, 2.75) is 12.8 Å². The molecule has 0 N–H and O–H groups in total. The molecule has 1 aromatic heterocycles. The van der Waals surface area contributed by atoms with Crippen LogP contribution in [-0.4, -0.2) is 49.2 Å². The Morgan fingerprint density at radius 2 is 1.48 bits per heavy atom. The van der Waals surface area contributed by atoms with Gasteiger partial charge in [-0.2, -0.15) is 10.2 Å². The Labute approximate surface area is 148 Å². The van der Waals surface area contributed by atoms with Crippen molar-refractivity contribution in [2.24, 2.45) is 0 Å². The largest absolute Gasteiger partial charge is 0.368 e. The van der Waals surface area contributed by atoms with Crippen molar-refractivity contribution in [1.82, 2.24) is 9.97 Å². The fourth-order valence-corrected chi connectivity index (χ4v) is 3.53. The van der Waals surface area contributed by atoms with Crippen molar-refractivity contribution in [1.29, 1.82) is 5.26 Å². The molecule has 3 heterocycles. The van der Waals surface area contributed by atoms with Crippen LogP contribution in [0.25, 0.3) is 0 Å². The van der Waals surface area contributed by atoms with Crippen LogP contribution < -0.4 is 14.7 Å². The minimum Gasteiger partial charge on any atom is -0.368 e. The summed E-state index contributed by atoms with van der Waals surface area (Å²) in [6.07, 6.45) is 4.34. The SMILES string of the molecule is N#Cc1ccc(N2CCN(c3ccnc(N4CCCC4)n3)CC2)cc1. The first-order chi connectivity index (χ1) is 12.3. The zero-order valence-corrected chi connectivity index (χ0v) is 14.3. The van der Waals surface area contributed by atoms with E-state index in [1.54, 1.807) is 0 Å². The van der Waals surface area contributed by atoms with E-state index in [1.807, 2.05) is 36.5 Å². The van der Waals surface area contributed by atoms with Gasteiger partial charge in [0.1, 0.15) is 5.82 Å². The third-order valence-corrected chi connectivity index (χ3v) is 4.98. The fourth-order valence-electron chi connectivity index (χ4n) is 3.53. The maximum atomic E-state index is 8.91. The first-order valence-corrected chi connectivity index (χ1v) is 8.91. The fraction of sp³-hybridized carbons (Fsp3) is 0.421. The molecule has 2 aromatic rings. The summed E-state index contributed by atoms with van der Waals surface area (Å²) in [5.74, 6) is 1.89. The molecule has 0 spiro atoms. The van der Waals surface area contributed by atoms with Gasteiger partial charge < -0.3 is 14.7 Å². The standard InChI is InChI=1S/C19H22N6/c20-15-16-3-5-17(6-4-16)23-11-13-24(14-12-23)18-7-8-21-19(22-18)25-9-1-2-10-25/h3-8H,1-2,9-14H2. The molecule has 0 aliphatic carbocycles. The van der Waals surface area contributed by atoms with E-state index in [0.717, 1.165) is 51.0 Å². The lowest BCUT2D eigenvalue weighted by Crippen LogP contribution is -2.47. The Kier molecular flexibility index (Phi) is 4.38. The van der Waals surface area contributed by atoms with E-state index in [0.29, 0.717) is 5.56 Å². The molecule has 0 unspecified atom stereocenters. The summed E-state index contributed by atoms with van der Waals surface area (Å²) in [7, 11) is 0. The maximum Gasteiger partial charge on any atom is 0.227 e. The quantitative estimate of drug-likeness (QED) is 0.858. The van der Waals surface area contributed by atoms with Gasteiger partial charge in [0.05, 0.1) is 11.6 Å². The van der Waals surface area contributed by atoms with Crippen molar-refractivity contribution in [3.05, 3.63) is 42.1 Å². The zero-order chi connectivity index (χ0) is 17.1. The number of hydrogen-bond acceptors (Lipinski definition) is 6. The second kappa shape index (κ2) is 6.98. The molecule has 2 fully saturated rings. The van der Waals surface area contributed by atoms with Gasteiger partial charge in [0, 0.05) is 51.2 Å². The summed E-state index contributed by atoms with van der Waals surface area (Å²) >= 11 is 0. The molecule has 0 saturated carbocycles. The predicted molar refractivity (Wildman–Crippen MR) is 99.1 cm³/mol. The second-order valence-corrected chi connectivity index (χ2v) is 6.54. The highest BCUT2D eigenvalue weighted by Gasteiger charge is 2.20. The van der Waals surface area contributed by atoms with E-state index in [1.165, 1.54) is 18.5 Å². The normalized spacial score (nSPS) is 17.6. The molecule has 0 amide bonds. The number of hydrogen-bond donors (Lipinski definition) is 0. The van der Waals surface area contributed by atoms with Gasteiger partial charge in [-0.25, -0.2) is 4.98 Å². The number of benzene rings is 1. The lowest BCUT2D eigenvalue weighted by Gasteiger charge is -2.37. The Hall–Kier alpha value is -2.81. The van der Waals surface area contributed by atoms with Crippen LogP contribution in [0.4, 0.5) is 17.5 Å². The van der Waals surface area contributed by atoms with Crippen LogP contribution in [0.3, 0.4) is 0 Å². The minimum atomic E-state index is 0.706. The van der Waals surface area contributed by atoms with Gasteiger partial charge in [-0.05, 0) is 43.2 Å². The minimum absolute atomic E-state index is 0.706. The molecule has 0 atom stereocenters. The summed E-state index contributed by atoms with van der Waals surface area (Å²) in [4.78, 5) is 16.2. The maximum absolute atomic E-state index is 8.91. The van der Waals surface area contributed by atoms with E-state index >= 15 is 0 Å². The third kappa shape index (κ3) is 3.36. The number of nitrogens with zero attached hydrogens (tertiary/aromatic N) is 6. The first-order valence-electron chi connectivity index (χ1n) is 8.91. The first kappa shape index (κ1) is 15.7. The molecule has 25 heavy (non-hydrogen) atoms. The van der Waals surface area contributed by atoms with Gasteiger partial charge >= 0.3 is 0 Å². The predicted octanol–water partition coefficient (Wildman–Crippen LogP) is 2.28. The van der Waals surface area contributed by atoms with E-state index < -0.39 is 0 Å². The molecule has 0 radical (unpaired) electrons. The van der Waals surface area contributed by atoms with Gasteiger partial charge in [0.2, 0.25) is 5.95 Å². The molecule has 6 heteroatoms. The molecule has 6 nitrogen and oxygen atoms in total. The molecule has 1 aromatic carbocycles. The summed E-state index contributed by atoms with van der Waals surface area (Å²) < 4.78 is 0. The van der Waals surface area contributed by atoms with Crippen molar-refractivity contribution in [3.63, 3.8) is 0 Å². The van der Waals surface area contributed by atoms with Crippen molar-refractivity contribution < 1.29 is 0 Å². The smallest absolute Gasteiger partial charge is 0.227 e. The lowest BCUT2D eigenvalue weighted by molar-refractivity contribution is 0.646.